The van der Waals surface area contributed by atoms with E-state index in [1.807, 2.05) is 0 Å². The van der Waals surface area contributed by atoms with Crippen LogP contribution in [-0.2, 0) is 9.53 Å². The van der Waals surface area contributed by atoms with Gasteiger partial charge in [-0.15, -0.1) is 0 Å². The molecule has 17 heavy (non-hydrogen) atoms. The average Bonchev–Trinajstić information content (AvgIpc) is 2.28. The van der Waals surface area contributed by atoms with Crippen LogP contribution in [0.15, 0.2) is 30.0 Å². The van der Waals surface area contributed by atoms with Crippen molar-refractivity contribution in [2.24, 2.45) is 0 Å². The van der Waals surface area contributed by atoms with Crippen LogP contribution in [0.2, 0.25) is 0 Å². The van der Waals surface area contributed by atoms with Crippen LogP contribution in [0.5, 0.6) is 5.75 Å². The third-order valence-electron chi connectivity index (χ3n) is 2.15. The third kappa shape index (κ3) is 1.89. The van der Waals surface area contributed by atoms with Crippen LogP contribution in [0.25, 0.3) is 5.76 Å². The largest absolute Gasteiger partial charge is 0.473 e. The van der Waals surface area contributed by atoms with E-state index >= 15 is 0 Å². The molecule has 2 rings (SSSR count). The Morgan fingerprint density at radius 3 is 2.71 bits per heavy atom. The molecule has 0 fully saturated rings. The second-order valence-corrected chi connectivity index (χ2v) is 3.14. The van der Waals surface area contributed by atoms with Crippen LogP contribution in [0.1, 0.15) is 5.56 Å². The molecule has 1 aliphatic heterocycles. The predicted octanol–water partition coefficient (Wildman–Crippen LogP) is 1.08. The third-order valence-corrected chi connectivity index (χ3v) is 2.15. The molecular weight excluding hydrogens is 230 g/mol. The first-order valence-electron chi connectivity index (χ1n) is 4.58. The number of fused-ring (bicyclic) bond motifs is 1. The summed E-state index contributed by atoms with van der Waals surface area (Å²) in [5.41, 5.74) is -0.742. The van der Waals surface area contributed by atoms with Crippen molar-refractivity contribution in [3.8, 4) is 5.75 Å². The van der Waals surface area contributed by atoms with Gasteiger partial charge in [-0.3, -0.25) is 10.1 Å². The lowest BCUT2D eigenvalue weighted by atomic mass is 10.1. The first-order chi connectivity index (χ1) is 8.11. The molecule has 0 aromatic heterocycles. The number of aliphatic carboxylic acids is 1. The number of hydrogen-bond acceptors (Lipinski definition) is 5. The van der Waals surface area contributed by atoms with E-state index in [2.05, 4.69) is 0 Å². The van der Waals surface area contributed by atoms with Gasteiger partial charge in [0, 0.05) is 0 Å². The van der Waals surface area contributed by atoms with Gasteiger partial charge in [0.15, 0.2) is 0 Å². The molecule has 1 aliphatic rings. The minimum absolute atomic E-state index is 0.253. The molecule has 0 spiro atoms. The normalized spacial score (nSPS) is 16.2. The predicted molar refractivity (Wildman–Crippen MR) is 54.6 cm³/mol. The molecule has 0 unspecified atom stereocenters. The Hall–Kier alpha value is -2.57. The monoisotopic (exact) mass is 237 g/mol. The molecule has 0 aliphatic carbocycles. The SMILES string of the molecule is O=C(O)C(=C1OCOc2ccccc21)[N+](=O)[O-]. The fourth-order valence-electron chi connectivity index (χ4n) is 1.46. The van der Waals surface area contributed by atoms with Crippen molar-refractivity contribution >= 4 is 11.7 Å². The fourth-order valence-corrected chi connectivity index (χ4v) is 1.46. The second kappa shape index (κ2) is 4.12. The maximum Gasteiger partial charge on any atom is 0.411 e. The number of hydrogen-bond donors (Lipinski definition) is 1. The van der Waals surface area contributed by atoms with Crippen molar-refractivity contribution in [3.63, 3.8) is 0 Å². The van der Waals surface area contributed by atoms with Gasteiger partial charge in [-0.05, 0) is 12.1 Å². The molecule has 1 aromatic carbocycles. The number of rotatable bonds is 2. The quantitative estimate of drug-likeness (QED) is 0.469. The lowest BCUT2D eigenvalue weighted by molar-refractivity contribution is -0.421. The summed E-state index contributed by atoms with van der Waals surface area (Å²) in [7, 11) is 0. The maximum atomic E-state index is 10.8. The van der Waals surface area contributed by atoms with Crippen LogP contribution in [0, 0.1) is 10.1 Å². The van der Waals surface area contributed by atoms with Gasteiger partial charge in [0.1, 0.15) is 5.75 Å². The number of carboxylic acids is 1. The van der Waals surface area contributed by atoms with Gasteiger partial charge in [-0.1, -0.05) is 12.1 Å². The van der Waals surface area contributed by atoms with E-state index in [9.17, 15) is 14.9 Å². The Morgan fingerprint density at radius 2 is 2.06 bits per heavy atom. The summed E-state index contributed by atoms with van der Waals surface area (Å²) in [4.78, 5) is 20.5. The standard InChI is InChI=1S/C10H7NO6/c12-10(13)8(11(14)15)9-6-3-1-2-4-7(6)16-5-17-9/h1-4H,5H2,(H,12,13). The highest BCUT2D eigenvalue weighted by atomic mass is 16.7. The number of ether oxygens (including phenoxy) is 2. The Kier molecular flexibility index (Phi) is 2.65. The summed E-state index contributed by atoms with van der Waals surface area (Å²) in [6, 6.07) is 6.36. The summed E-state index contributed by atoms with van der Waals surface area (Å²) in [6.07, 6.45) is 0. The molecule has 0 saturated carbocycles. The maximum absolute atomic E-state index is 10.8. The highest BCUT2D eigenvalue weighted by Crippen LogP contribution is 2.33. The number of para-hydroxylation sites is 1. The van der Waals surface area contributed by atoms with Crippen molar-refractivity contribution in [2.75, 3.05) is 6.79 Å². The van der Waals surface area contributed by atoms with Gasteiger partial charge in [0.2, 0.25) is 12.6 Å². The smallest absolute Gasteiger partial charge is 0.411 e. The Labute approximate surface area is 95.0 Å². The highest BCUT2D eigenvalue weighted by Gasteiger charge is 2.33. The van der Waals surface area contributed by atoms with Crippen molar-refractivity contribution in [1.82, 2.24) is 0 Å². The zero-order valence-corrected chi connectivity index (χ0v) is 8.45. The van der Waals surface area contributed by atoms with Crippen LogP contribution < -0.4 is 4.74 Å². The van der Waals surface area contributed by atoms with Gasteiger partial charge < -0.3 is 14.6 Å². The van der Waals surface area contributed by atoms with E-state index in [0.29, 0.717) is 5.75 Å². The summed E-state index contributed by atoms with van der Waals surface area (Å²) >= 11 is 0. The van der Waals surface area contributed by atoms with E-state index < -0.39 is 16.6 Å². The molecule has 7 heteroatoms. The van der Waals surface area contributed by atoms with Gasteiger partial charge in [0.05, 0.1) is 10.5 Å². The first kappa shape index (κ1) is 10.9. The molecule has 0 bridgehead atoms. The topological polar surface area (TPSA) is 98.9 Å². The molecule has 0 saturated heterocycles. The van der Waals surface area contributed by atoms with E-state index in [1.54, 1.807) is 18.2 Å². The van der Waals surface area contributed by atoms with Crippen LogP contribution in [0.4, 0.5) is 0 Å². The Morgan fingerprint density at radius 1 is 1.35 bits per heavy atom. The summed E-state index contributed by atoms with van der Waals surface area (Å²) in [5.74, 6) is -1.58. The van der Waals surface area contributed by atoms with Gasteiger partial charge in [-0.2, -0.15) is 0 Å². The lowest BCUT2D eigenvalue weighted by Gasteiger charge is -2.19. The molecule has 0 amide bonds. The molecule has 0 atom stereocenters. The zero-order chi connectivity index (χ0) is 12.4. The van der Waals surface area contributed by atoms with Gasteiger partial charge in [0.25, 0.3) is 0 Å². The molecule has 7 nitrogen and oxygen atoms in total. The molecule has 1 N–H and O–H groups in total. The van der Waals surface area contributed by atoms with Crippen LogP contribution in [0.3, 0.4) is 0 Å². The average molecular weight is 237 g/mol. The molecule has 1 aromatic rings. The fraction of sp³-hybridized carbons (Fsp3) is 0.100. The Balaban J connectivity index is 2.64. The molecular formula is C10H7NO6. The number of nitrogens with zero attached hydrogens (tertiary/aromatic N) is 1. The number of carbonyl (C=O) groups is 1. The Bertz CT molecular complexity index is 505. The van der Waals surface area contributed by atoms with Crippen molar-refractivity contribution < 1.29 is 24.3 Å². The van der Waals surface area contributed by atoms with Crippen molar-refractivity contribution in [1.29, 1.82) is 0 Å². The lowest BCUT2D eigenvalue weighted by Crippen LogP contribution is -2.19. The molecule has 1 heterocycles. The first-order valence-corrected chi connectivity index (χ1v) is 4.58. The zero-order valence-electron chi connectivity index (χ0n) is 8.45. The highest BCUT2D eigenvalue weighted by molar-refractivity contribution is 5.93. The summed E-state index contributed by atoms with van der Waals surface area (Å²) in [6.45, 7) is -0.253. The second-order valence-electron chi connectivity index (χ2n) is 3.14. The minimum Gasteiger partial charge on any atom is -0.473 e. The van der Waals surface area contributed by atoms with Crippen molar-refractivity contribution in [3.05, 3.63) is 45.6 Å². The number of nitro groups is 1. The summed E-state index contributed by atoms with van der Waals surface area (Å²) < 4.78 is 10.0. The molecule has 88 valence electrons. The van der Waals surface area contributed by atoms with E-state index in [0.717, 1.165) is 0 Å². The number of carboxylic acid groups (broad SMARTS) is 1. The summed E-state index contributed by atoms with van der Waals surface area (Å²) in [5, 5.41) is 19.5. The van der Waals surface area contributed by atoms with Gasteiger partial charge in [-0.25, -0.2) is 4.79 Å². The number of benzene rings is 1. The van der Waals surface area contributed by atoms with E-state index in [4.69, 9.17) is 14.6 Å². The van der Waals surface area contributed by atoms with E-state index in [-0.39, 0.29) is 18.1 Å². The van der Waals surface area contributed by atoms with E-state index in [1.165, 1.54) is 6.07 Å². The minimum atomic E-state index is -1.65. The molecule has 0 radical (unpaired) electrons. The van der Waals surface area contributed by atoms with Crippen LogP contribution in [-0.4, -0.2) is 22.8 Å². The van der Waals surface area contributed by atoms with Crippen molar-refractivity contribution in [2.45, 2.75) is 0 Å². The van der Waals surface area contributed by atoms with Gasteiger partial charge >= 0.3 is 11.7 Å². The van der Waals surface area contributed by atoms with Crippen LogP contribution >= 0.6 is 0 Å².